The molecular formula is C28H27Cl2FN6O5S4. The van der Waals surface area contributed by atoms with E-state index in [0.717, 1.165) is 27.6 Å². The Morgan fingerprint density at radius 1 is 0.935 bits per heavy atom. The van der Waals surface area contributed by atoms with E-state index in [4.69, 9.17) is 23.2 Å². The van der Waals surface area contributed by atoms with E-state index in [1.807, 2.05) is 19.0 Å². The van der Waals surface area contributed by atoms with Crippen LogP contribution in [0.4, 0.5) is 14.9 Å². The Kier molecular flexibility index (Phi) is 10.4. The van der Waals surface area contributed by atoms with E-state index in [0.29, 0.717) is 52.3 Å². The van der Waals surface area contributed by atoms with Crippen LogP contribution in [0.5, 0.6) is 0 Å². The van der Waals surface area contributed by atoms with E-state index in [-0.39, 0.29) is 29.0 Å². The Labute approximate surface area is 284 Å². The van der Waals surface area contributed by atoms with Gasteiger partial charge in [0.15, 0.2) is 0 Å². The molecule has 1 aromatic carbocycles. The van der Waals surface area contributed by atoms with Crippen molar-refractivity contribution >= 4 is 89.8 Å². The molecule has 0 aliphatic carbocycles. The van der Waals surface area contributed by atoms with Gasteiger partial charge in [0.05, 0.1) is 31.7 Å². The summed E-state index contributed by atoms with van der Waals surface area (Å²) in [5.74, 6) is -0.0995. The molecule has 3 aromatic heterocycles. The second-order valence-corrected chi connectivity index (χ2v) is 17.2. The van der Waals surface area contributed by atoms with Crippen LogP contribution in [0, 0.1) is 5.82 Å². The van der Waals surface area contributed by atoms with Crippen LogP contribution in [0.25, 0.3) is 17.8 Å². The Balaban J connectivity index is 1.50. The fourth-order valence-corrected chi connectivity index (χ4v) is 9.84. The number of hydrogen-bond donors (Lipinski definition) is 0. The molecule has 5 rings (SSSR count). The average molecular weight is 746 g/mol. The van der Waals surface area contributed by atoms with E-state index in [9.17, 15) is 21.6 Å². The second-order valence-electron chi connectivity index (χ2n) is 10.2. The zero-order chi connectivity index (χ0) is 33.2. The topological polar surface area (TPSA) is 116 Å². The lowest BCUT2D eigenvalue weighted by Gasteiger charge is -2.39. The highest BCUT2D eigenvalue weighted by atomic mass is 35.5. The molecule has 0 saturated carbocycles. The van der Waals surface area contributed by atoms with Crippen LogP contribution in [-0.4, -0.2) is 73.3 Å². The summed E-state index contributed by atoms with van der Waals surface area (Å²) in [7, 11) is -5.93. The van der Waals surface area contributed by atoms with Gasteiger partial charge in [-0.1, -0.05) is 23.2 Å². The molecule has 244 valence electrons. The number of imidazole rings is 1. The van der Waals surface area contributed by atoms with Gasteiger partial charge in [0.1, 0.15) is 11.6 Å². The first-order valence-corrected chi connectivity index (χ1v) is 18.9. The summed E-state index contributed by atoms with van der Waals surface area (Å²) >= 11 is 14.1. The van der Waals surface area contributed by atoms with E-state index in [1.54, 1.807) is 47.3 Å². The van der Waals surface area contributed by atoms with Crippen LogP contribution in [0.3, 0.4) is 0 Å². The van der Waals surface area contributed by atoms with Crippen molar-refractivity contribution in [2.75, 3.05) is 32.1 Å². The highest BCUT2D eigenvalue weighted by Crippen LogP contribution is 2.31. The van der Waals surface area contributed by atoms with Gasteiger partial charge in [0.2, 0.25) is 0 Å². The van der Waals surface area contributed by atoms with Gasteiger partial charge >= 0.3 is 6.03 Å². The van der Waals surface area contributed by atoms with Gasteiger partial charge in [0, 0.05) is 50.8 Å². The molecule has 0 radical (unpaired) electrons. The van der Waals surface area contributed by atoms with Crippen molar-refractivity contribution in [3.8, 4) is 5.69 Å². The van der Waals surface area contributed by atoms with Gasteiger partial charge in [-0.2, -0.15) is 0 Å². The maximum atomic E-state index is 15.7. The fourth-order valence-electron chi connectivity index (χ4n) is 4.58. The summed E-state index contributed by atoms with van der Waals surface area (Å²) in [5.41, 5.74) is 0.316. The molecule has 0 N–H and O–H groups in total. The van der Waals surface area contributed by atoms with Gasteiger partial charge in [-0.05, 0) is 69.1 Å². The number of thiophene rings is 2. The molecule has 0 bridgehead atoms. The van der Waals surface area contributed by atoms with Crippen molar-refractivity contribution in [3.63, 3.8) is 0 Å². The third-order valence-electron chi connectivity index (χ3n) is 6.51. The number of benzene rings is 1. The fraction of sp³-hybridized carbons (Fsp3) is 0.214. The molecule has 2 amide bonds. The number of carbonyl (C=O) groups excluding carboxylic acids is 1. The molecular weight excluding hydrogens is 719 g/mol. The Morgan fingerprint density at radius 3 is 2.07 bits per heavy atom. The van der Waals surface area contributed by atoms with Crippen LogP contribution in [0.2, 0.25) is 8.67 Å². The van der Waals surface area contributed by atoms with Gasteiger partial charge in [-0.15, -0.1) is 22.7 Å². The molecule has 0 unspecified atom stereocenters. The van der Waals surface area contributed by atoms with Gasteiger partial charge < -0.3 is 9.47 Å². The number of rotatable bonds is 11. The van der Waals surface area contributed by atoms with Crippen LogP contribution in [0.1, 0.15) is 22.0 Å². The molecule has 1 saturated heterocycles. The average Bonchev–Trinajstić information content (AvgIpc) is 3.73. The van der Waals surface area contributed by atoms with Crippen LogP contribution < -0.4 is 4.90 Å². The quantitative estimate of drug-likeness (QED) is 0.176. The number of anilines is 1. The number of halogens is 3. The molecule has 1 aliphatic heterocycles. The van der Waals surface area contributed by atoms with E-state index >= 15 is 4.39 Å². The monoisotopic (exact) mass is 744 g/mol. The lowest BCUT2D eigenvalue weighted by molar-refractivity contribution is 0.139. The molecule has 1 aliphatic rings. The third-order valence-corrected chi connectivity index (χ3v) is 12.4. The summed E-state index contributed by atoms with van der Waals surface area (Å²) in [4.78, 5) is 22.0. The summed E-state index contributed by atoms with van der Waals surface area (Å²) in [6.45, 7) is 0.244. The standard InChI is InChI=1S/C28H27Cl2FN6O5S4/c1-33(2)19-27-32-12-15-34(27)20-4-7-24(23(31)18-20)35-13-3-14-36(28(35)38)37(45(39,40)16-10-21-5-8-25(29)43-21)46(41,42)17-11-22-6-9-26(30)44-22/h4-12,15-18H,3,13-14,19H2,1-2H3/b16-10+,17-11+. The minimum absolute atomic E-state index is 0.0174. The Hall–Kier alpha value is -3.09. The number of sulfonamides is 2. The van der Waals surface area contributed by atoms with Crippen molar-refractivity contribution in [3.05, 3.63) is 95.7 Å². The van der Waals surface area contributed by atoms with Crippen molar-refractivity contribution in [2.24, 2.45) is 0 Å². The predicted octanol–water partition coefficient (Wildman–Crippen LogP) is 6.35. The van der Waals surface area contributed by atoms with Crippen molar-refractivity contribution < 1.29 is 26.0 Å². The molecule has 11 nitrogen and oxygen atoms in total. The lowest BCUT2D eigenvalue weighted by Crippen LogP contribution is -2.59. The molecule has 1 fully saturated rings. The third kappa shape index (κ3) is 7.71. The summed E-state index contributed by atoms with van der Waals surface area (Å²) < 4.78 is 73.0. The van der Waals surface area contributed by atoms with E-state index < -0.39 is 31.9 Å². The van der Waals surface area contributed by atoms with Crippen molar-refractivity contribution in [1.82, 2.24) is 23.3 Å². The smallest absolute Gasteiger partial charge is 0.303 e. The maximum absolute atomic E-state index is 15.7. The first-order valence-electron chi connectivity index (χ1n) is 13.5. The number of nitrogens with zero attached hydrogens (tertiary/aromatic N) is 6. The van der Waals surface area contributed by atoms with Gasteiger partial charge in [-0.25, -0.2) is 36.0 Å². The molecule has 18 heteroatoms. The van der Waals surface area contributed by atoms with Gasteiger partial charge in [-0.3, -0.25) is 4.90 Å². The largest absolute Gasteiger partial charge is 0.340 e. The normalized spacial score (nSPS) is 15.0. The van der Waals surface area contributed by atoms with Crippen LogP contribution in [-0.2, 0) is 26.6 Å². The lowest BCUT2D eigenvalue weighted by atomic mass is 10.2. The highest BCUT2D eigenvalue weighted by Gasteiger charge is 2.43. The summed E-state index contributed by atoms with van der Waals surface area (Å²) in [6.07, 6.45) is 5.78. The molecule has 0 spiro atoms. The van der Waals surface area contributed by atoms with Gasteiger partial charge in [0.25, 0.3) is 20.0 Å². The minimum atomic E-state index is -4.84. The molecule has 4 aromatic rings. The number of amides is 2. The number of carbonyl (C=O) groups is 1. The SMILES string of the molecule is CN(C)Cc1nccn1-c1ccc(N2CCCN(N(S(=O)(=O)/C=C/c3ccc(Cl)s3)S(=O)(=O)/C=C/c3ccc(Cl)s3)C2=O)c(F)c1. The van der Waals surface area contributed by atoms with Crippen LogP contribution in [0.15, 0.2) is 65.7 Å². The molecule has 46 heavy (non-hydrogen) atoms. The highest BCUT2D eigenvalue weighted by molar-refractivity contribution is 8.06. The number of hydrogen-bond acceptors (Lipinski definition) is 9. The Bertz CT molecular complexity index is 1940. The van der Waals surface area contributed by atoms with Crippen molar-refractivity contribution in [1.29, 1.82) is 0 Å². The van der Waals surface area contributed by atoms with E-state index in [1.165, 1.54) is 24.3 Å². The molecule has 4 heterocycles. The zero-order valence-corrected chi connectivity index (χ0v) is 29.1. The molecule has 0 atom stereocenters. The van der Waals surface area contributed by atoms with Crippen molar-refractivity contribution in [2.45, 2.75) is 13.0 Å². The predicted molar refractivity (Wildman–Crippen MR) is 181 cm³/mol. The van der Waals surface area contributed by atoms with Crippen LogP contribution >= 0.6 is 45.9 Å². The second kappa shape index (κ2) is 13.9. The first kappa shape index (κ1) is 34.3. The minimum Gasteiger partial charge on any atom is -0.303 e. The number of urea groups is 1. The van der Waals surface area contributed by atoms with E-state index in [2.05, 4.69) is 4.98 Å². The summed E-state index contributed by atoms with van der Waals surface area (Å²) in [6, 6.07) is 9.42. The summed E-state index contributed by atoms with van der Waals surface area (Å²) in [5, 5.41) is 1.95. The Morgan fingerprint density at radius 2 is 1.54 bits per heavy atom. The first-order chi connectivity index (χ1) is 21.7. The number of aromatic nitrogens is 2. The number of hydrazine groups is 1. The zero-order valence-electron chi connectivity index (χ0n) is 24.3. The maximum Gasteiger partial charge on any atom is 0.340 e.